The van der Waals surface area contributed by atoms with E-state index in [4.69, 9.17) is 9.47 Å². The molecular formula is C17H16F2O4. The van der Waals surface area contributed by atoms with Crippen molar-refractivity contribution in [3.8, 4) is 11.5 Å². The van der Waals surface area contributed by atoms with Gasteiger partial charge in [0.2, 0.25) is 5.82 Å². The van der Waals surface area contributed by atoms with E-state index in [1.54, 1.807) is 24.3 Å². The van der Waals surface area contributed by atoms with Crippen molar-refractivity contribution in [2.45, 2.75) is 13.0 Å². The lowest BCUT2D eigenvalue weighted by atomic mass is 10.1. The molecule has 2 aromatic carbocycles. The topological polar surface area (TPSA) is 55.8 Å². The van der Waals surface area contributed by atoms with Gasteiger partial charge in [-0.15, -0.1) is 0 Å². The summed E-state index contributed by atoms with van der Waals surface area (Å²) in [7, 11) is 0. The number of hydrogen-bond donors (Lipinski definition) is 1. The summed E-state index contributed by atoms with van der Waals surface area (Å²) in [5.41, 5.74) is 0.558. The van der Waals surface area contributed by atoms with Crippen LogP contribution in [0, 0.1) is 11.6 Å². The minimum atomic E-state index is -1.10. The van der Waals surface area contributed by atoms with Crippen LogP contribution >= 0.6 is 0 Å². The standard InChI is InChI=1S/C17H16F2O4/c1-11(20)12-5-7-14(8-6-12)22-9-13(21)10-23-16-4-2-3-15(18)17(16)19/h2-8,13,21H,9-10H2,1H3. The van der Waals surface area contributed by atoms with Gasteiger partial charge in [-0.25, -0.2) is 4.39 Å². The van der Waals surface area contributed by atoms with Gasteiger partial charge in [0.1, 0.15) is 25.1 Å². The van der Waals surface area contributed by atoms with Crippen molar-refractivity contribution in [1.29, 1.82) is 0 Å². The van der Waals surface area contributed by atoms with Crippen LogP contribution in [0.3, 0.4) is 0 Å². The van der Waals surface area contributed by atoms with Crippen LogP contribution in [0.5, 0.6) is 11.5 Å². The molecule has 0 aromatic heterocycles. The molecule has 0 spiro atoms. The van der Waals surface area contributed by atoms with E-state index >= 15 is 0 Å². The van der Waals surface area contributed by atoms with Gasteiger partial charge in [0, 0.05) is 5.56 Å². The normalized spacial score (nSPS) is 11.8. The van der Waals surface area contributed by atoms with Crippen LogP contribution in [0.15, 0.2) is 42.5 Å². The third kappa shape index (κ3) is 4.75. The Balaban J connectivity index is 1.82. The van der Waals surface area contributed by atoms with Crippen molar-refractivity contribution in [3.05, 3.63) is 59.7 Å². The van der Waals surface area contributed by atoms with Gasteiger partial charge in [0.05, 0.1) is 0 Å². The molecule has 0 aliphatic rings. The third-order valence-corrected chi connectivity index (χ3v) is 3.05. The molecule has 1 N–H and O–H groups in total. The second-order valence-corrected chi connectivity index (χ2v) is 4.91. The van der Waals surface area contributed by atoms with E-state index in [0.717, 1.165) is 6.07 Å². The molecule has 0 heterocycles. The Morgan fingerprint density at radius 1 is 1.09 bits per heavy atom. The first kappa shape index (κ1) is 16.9. The summed E-state index contributed by atoms with van der Waals surface area (Å²) >= 11 is 0. The molecule has 0 saturated heterocycles. The molecule has 4 nitrogen and oxygen atoms in total. The molecule has 122 valence electrons. The third-order valence-electron chi connectivity index (χ3n) is 3.05. The lowest BCUT2D eigenvalue weighted by molar-refractivity contribution is 0.0610. The minimum absolute atomic E-state index is 0.0536. The number of rotatable bonds is 7. The van der Waals surface area contributed by atoms with Gasteiger partial charge in [-0.2, -0.15) is 4.39 Å². The number of Topliss-reactive ketones (excluding diaryl/α,β-unsaturated/α-hetero) is 1. The fraction of sp³-hybridized carbons (Fsp3) is 0.235. The Morgan fingerprint density at radius 2 is 1.74 bits per heavy atom. The highest BCUT2D eigenvalue weighted by molar-refractivity contribution is 5.94. The molecule has 0 radical (unpaired) electrons. The Bertz CT molecular complexity index is 671. The lowest BCUT2D eigenvalue weighted by Gasteiger charge is -2.14. The number of aliphatic hydroxyl groups is 1. The van der Waals surface area contributed by atoms with Gasteiger partial charge >= 0.3 is 0 Å². The van der Waals surface area contributed by atoms with Gasteiger partial charge in [0.15, 0.2) is 17.3 Å². The molecule has 0 saturated carbocycles. The summed E-state index contributed by atoms with van der Waals surface area (Å²) in [4.78, 5) is 11.1. The maximum absolute atomic E-state index is 13.4. The van der Waals surface area contributed by atoms with Crippen LogP contribution in [0.2, 0.25) is 0 Å². The number of carbonyl (C=O) groups excluding carboxylic acids is 1. The van der Waals surface area contributed by atoms with Crippen molar-refractivity contribution in [1.82, 2.24) is 0 Å². The number of benzene rings is 2. The summed E-state index contributed by atoms with van der Waals surface area (Å²) < 4.78 is 36.7. The van der Waals surface area contributed by atoms with E-state index in [1.165, 1.54) is 19.1 Å². The molecule has 0 aliphatic carbocycles. The van der Waals surface area contributed by atoms with E-state index in [0.29, 0.717) is 11.3 Å². The van der Waals surface area contributed by atoms with Crippen LogP contribution in [-0.2, 0) is 0 Å². The number of carbonyl (C=O) groups is 1. The fourth-order valence-corrected chi connectivity index (χ4v) is 1.81. The first-order valence-electron chi connectivity index (χ1n) is 6.96. The molecule has 23 heavy (non-hydrogen) atoms. The average Bonchev–Trinajstić information content (AvgIpc) is 2.54. The predicted molar refractivity (Wildman–Crippen MR) is 79.8 cm³/mol. The highest BCUT2D eigenvalue weighted by Gasteiger charge is 2.12. The van der Waals surface area contributed by atoms with Crippen LogP contribution in [-0.4, -0.2) is 30.2 Å². The van der Waals surface area contributed by atoms with E-state index in [-0.39, 0.29) is 24.7 Å². The Hall–Kier alpha value is -2.47. The molecule has 0 amide bonds. The van der Waals surface area contributed by atoms with E-state index in [2.05, 4.69) is 0 Å². The number of aliphatic hydroxyl groups excluding tert-OH is 1. The van der Waals surface area contributed by atoms with Gasteiger partial charge in [-0.1, -0.05) is 6.07 Å². The number of hydrogen-bond acceptors (Lipinski definition) is 4. The molecular weight excluding hydrogens is 306 g/mol. The van der Waals surface area contributed by atoms with Crippen LogP contribution in [0.25, 0.3) is 0 Å². The predicted octanol–water partition coefficient (Wildman–Crippen LogP) is 2.99. The quantitative estimate of drug-likeness (QED) is 0.796. The van der Waals surface area contributed by atoms with Crippen molar-refractivity contribution < 1.29 is 28.2 Å². The SMILES string of the molecule is CC(=O)c1ccc(OCC(O)COc2cccc(F)c2F)cc1. The van der Waals surface area contributed by atoms with Gasteiger partial charge in [-0.3, -0.25) is 4.79 Å². The molecule has 2 aromatic rings. The Kier molecular flexibility index (Phi) is 5.65. The maximum Gasteiger partial charge on any atom is 0.200 e. The molecule has 0 fully saturated rings. The van der Waals surface area contributed by atoms with E-state index < -0.39 is 17.7 Å². The zero-order valence-corrected chi connectivity index (χ0v) is 12.5. The summed E-state index contributed by atoms with van der Waals surface area (Å²) in [6.07, 6.45) is -1.02. The summed E-state index contributed by atoms with van der Waals surface area (Å²) in [5, 5.41) is 9.75. The summed E-state index contributed by atoms with van der Waals surface area (Å²) in [5.74, 6) is -1.96. The second kappa shape index (κ2) is 7.69. The highest BCUT2D eigenvalue weighted by atomic mass is 19.2. The zero-order chi connectivity index (χ0) is 16.8. The van der Waals surface area contributed by atoms with Gasteiger partial charge in [-0.05, 0) is 43.3 Å². The average molecular weight is 322 g/mol. The van der Waals surface area contributed by atoms with E-state index in [1.807, 2.05) is 0 Å². The molecule has 0 bridgehead atoms. The van der Waals surface area contributed by atoms with Crippen molar-refractivity contribution >= 4 is 5.78 Å². The largest absolute Gasteiger partial charge is 0.491 e. The first-order valence-corrected chi connectivity index (χ1v) is 6.96. The fourth-order valence-electron chi connectivity index (χ4n) is 1.81. The Morgan fingerprint density at radius 3 is 2.39 bits per heavy atom. The maximum atomic E-state index is 13.4. The molecule has 2 rings (SSSR count). The summed E-state index contributed by atoms with van der Waals surface area (Å²) in [6.45, 7) is 1.13. The smallest absolute Gasteiger partial charge is 0.200 e. The molecule has 1 atom stereocenters. The molecule has 6 heteroatoms. The first-order chi connectivity index (χ1) is 11.0. The van der Waals surface area contributed by atoms with Crippen molar-refractivity contribution in [2.75, 3.05) is 13.2 Å². The monoisotopic (exact) mass is 322 g/mol. The molecule has 0 aliphatic heterocycles. The lowest BCUT2D eigenvalue weighted by Crippen LogP contribution is -2.25. The van der Waals surface area contributed by atoms with Crippen LogP contribution in [0.1, 0.15) is 17.3 Å². The van der Waals surface area contributed by atoms with Gasteiger partial charge < -0.3 is 14.6 Å². The second-order valence-electron chi connectivity index (χ2n) is 4.91. The van der Waals surface area contributed by atoms with E-state index in [9.17, 15) is 18.7 Å². The van der Waals surface area contributed by atoms with Gasteiger partial charge in [0.25, 0.3) is 0 Å². The molecule has 1 unspecified atom stereocenters. The van der Waals surface area contributed by atoms with Crippen LogP contribution in [0.4, 0.5) is 8.78 Å². The number of halogens is 2. The summed E-state index contributed by atoms with van der Waals surface area (Å²) in [6, 6.07) is 10.0. The highest BCUT2D eigenvalue weighted by Crippen LogP contribution is 2.19. The van der Waals surface area contributed by atoms with Crippen molar-refractivity contribution in [2.24, 2.45) is 0 Å². The number of ketones is 1. The minimum Gasteiger partial charge on any atom is -0.491 e. The van der Waals surface area contributed by atoms with Crippen molar-refractivity contribution in [3.63, 3.8) is 0 Å². The number of ether oxygens (including phenoxy) is 2. The zero-order valence-electron chi connectivity index (χ0n) is 12.5. The Labute approximate surface area is 132 Å². The van der Waals surface area contributed by atoms with Crippen LogP contribution < -0.4 is 9.47 Å².